The number of fused-ring (bicyclic) bond motifs is 2. The average molecular weight is 541 g/mol. The first-order valence-corrected chi connectivity index (χ1v) is 12.5. The Morgan fingerprint density at radius 2 is 1.62 bits per heavy atom. The number of alkyl halides is 3. The molecule has 3 heterocycles. The molecule has 0 saturated carbocycles. The van der Waals surface area contributed by atoms with Crippen LogP contribution in [0.15, 0.2) is 97.3 Å². The number of nitrogens with one attached hydrogen (secondary N) is 3. The molecule has 0 saturated heterocycles. The van der Waals surface area contributed by atoms with Crippen LogP contribution in [0.4, 0.5) is 19.1 Å². The van der Waals surface area contributed by atoms with Gasteiger partial charge in [0, 0.05) is 25.5 Å². The monoisotopic (exact) mass is 540 g/mol. The summed E-state index contributed by atoms with van der Waals surface area (Å²) < 4.78 is 41.2. The zero-order valence-corrected chi connectivity index (χ0v) is 21.0. The summed E-state index contributed by atoms with van der Waals surface area (Å²) >= 11 is 0. The number of anilines is 1. The lowest BCUT2D eigenvalue weighted by Crippen LogP contribution is -2.13. The summed E-state index contributed by atoms with van der Waals surface area (Å²) in [5.41, 5.74) is 4.52. The molecule has 40 heavy (non-hydrogen) atoms. The molecule has 0 bridgehead atoms. The Hall–Kier alpha value is -4.96. The summed E-state index contributed by atoms with van der Waals surface area (Å²) in [4.78, 5) is 24.8. The minimum atomic E-state index is -4.43. The van der Waals surface area contributed by atoms with E-state index < -0.39 is 17.6 Å². The number of hydrogen-bond acceptors (Lipinski definition) is 4. The molecule has 6 aromatic rings. The van der Waals surface area contributed by atoms with Gasteiger partial charge in [0.25, 0.3) is 5.91 Å². The first-order chi connectivity index (χ1) is 19.3. The molecule has 0 spiro atoms. The Labute approximate surface area is 226 Å². The number of halogens is 3. The quantitative estimate of drug-likeness (QED) is 0.218. The van der Waals surface area contributed by atoms with Crippen LogP contribution in [0.2, 0.25) is 0 Å². The number of carbonyl (C=O) groups excluding carboxylic acids is 1. The SMILES string of the molecule is O=C(Nc1nc2cc(-c3cccc(C(F)(F)F)c3)ccc2[nH]1)c1cn2cc(CNCc3ccccc3)ccc2n1. The topological polar surface area (TPSA) is 87.1 Å². The third-order valence-corrected chi connectivity index (χ3v) is 6.48. The van der Waals surface area contributed by atoms with Crippen molar-refractivity contribution in [2.75, 3.05) is 5.32 Å². The Bertz CT molecular complexity index is 1820. The smallest absolute Gasteiger partial charge is 0.324 e. The normalized spacial score (nSPS) is 11.8. The van der Waals surface area contributed by atoms with E-state index in [0.29, 0.717) is 34.4 Å². The first kappa shape index (κ1) is 25.3. The van der Waals surface area contributed by atoms with Crippen molar-refractivity contribution in [1.29, 1.82) is 0 Å². The Morgan fingerprint density at radius 1 is 0.825 bits per heavy atom. The van der Waals surface area contributed by atoms with Gasteiger partial charge in [-0.2, -0.15) is 13.2 Å². The molecule has 1 amide bonds. The second kappa shape index (κ2) is 10.3. The van der Waals surface area contributed by atoms with Gasteiger partial charge in [-0.1, -0.05) is 54.6 Å². The van der Waals surface area contributed by atoms with Gasteiger partial charge in [0.2, 0.25) is 5.95 Å². The maximum absolute atomic E-state index is 13.1. The summed E-state index contributed by atoms with van der Waals surface area (Å²) in [5.74, 6) is -0.228. The van der Waals surface area contributed by atoms with Crippen molar-refractivity contribution in [3.63, 3.8) is 0 Å². The minimum Gasteiger partial charge on any atom is -0.324 e. The van der Waals surface area contributed by atoms with E-state index in [1.807, 2.05) is 36.5 Å². The summed E-state index contributed by atoms with van der Waals surface area (Å²) in [5, 5.41) is 6.13. The van der Waals surface area contributed by atoms with Crippen molar-refractivity contribution in [3.8, 4) is 11.1 Å². The standard InChI is InChI=1S/C30H23F3N6O/c31-30(32,33)23-8-4-7-21(13-23)22-10-11-24-25(14-22)37-29(36-24)38-28(40)26-18-39-17-20(9-12-27(39)35-26)16-34-15-19-5-2-1-3-6-19/h1-14,17-18,34H,15-16H2,(H2,36,37,38,40). The molecule has 0 atom stereocenters. The van der Waals surface area contributed by atoms with Gasteiger partial charge in [0.05, 0.1) is 16.6 Å². The highest BCUT2D eigenvalue weighted by molar-refractivity contribution is 6.03. The molecule has 0 aliphatic carbocycles. The molecule has 7 nitrogen and oxygen atoms in total. The second-order valence-corrected chi connectivity index (χ2v) is 9.37. The number of nitrogens with zero attached hydrogens (tertiary/aromatic N) is 3. The van der Waals surface area contributed by atoms with Crippen LogP contribution in [0.25, 0.3) is 27.8 Å². The number of pyridine rings is 1. The van der Waals surface area contributed by atoms with E-state index in [-0.39, 0.29) is 11.6 Å². The molecule has 0 aliphatic heterocycles. The third kappa shape index (κ3) is 5.43. The first-order valence-electron chi connectivity index (χ1n) is 12.5. The fourth-order valence-electron chi connectivity index (χ4n) is 4.49. The summed E-state index contributed by atoms with van der Waals surface area (Å²) in [6.07, 6.45) is -0.851. The number of aromatic amines is 1. The molecule has 10 heteroatoms. The molecular weight excluding hydrogens is 517 g/mol. The van der Waals surface area contributed by atoms with Crippen molar-refractivity contribution in [2.24, 2.45) is 0 Å². The van der Waals surface area contributed by atoms with Crippen LogP contribution in [0.3, 0.4) is 0 Å². The largest absolute Gasteiger partial charge is 0.416 e. The number of rotatable bonds is 7. The Morgan fingerprint density at radius 3 is 2.45 bits per heavy atom. The third-order valence-electron chi connectivity index (χ3n) is 6.48. The van der Waals surface area contributed by atoms with Crippen molar-refractivity contribution in [2.45, 2.75) is 19.3 Å². The zero-order chi connectivity index (χ0) is 27.7. The van der Waals surface area contributed by atoms with Crippen molar-refractivity contribution in [3.05, 3.63) is 120 Å². The molecule has 6 rings (SSSR count). The van der Waals surface area contributed by atoms with E-state index in [0.717, 1.165) is 24.2 Å². The maximum Gasteiger partial charge on any atom is 0.416 e. The van der Waals surface area contributed by atoms with Gasteiger partial charge in [-0.25, -0.2) is 9.97 Å². The molecular formula is C30H23F3N6O. The molecule has 3 N–H and O–H groups in total. The zero-order valence-electron chi connectivity index (χ0n) is 21.0. The molecule has 0 radical (unpaired) electrons. The lowest BCUT2D eigenvalue weighted by atomic mass is 10.0. The van der Waals surface area contributed by atoms with Crippen LogP contribution in [0.5, 0.6) is 0 Å². The van der Waals surface area contributed by atoms with Gasteiger partial charge >= 0.3 is 6.18 Å². The van der Waals surface area contributed by atoms with E-state index in [4.69, 9.17) is 0 Å². The number of imidazole rings is 2. The van der Waals surface area contributed by atoms with Gasteiger partial charge in [-0.15, -0.1) is 0 Å². The van der Waals surface area contributed by atoms with Gasteiger partial charge in [-0.05, 0) is 52.6 Å². The van der Waals surface area contributed by atoms with Gasteiger partial charge < -0.3 is 14.7 Å². The summed E-state index contributed by atoms with van der Waals surface area (Å²) in [7, 11) is 0. The second-order valence-electron chi connectivity index (χ2n) is 9.37. The van der Waals surface area contributed by atoms with E-state index in [1.54, 1.807) is 34.9 Å². The lowest BCUT2D eigenvalue weighted by molar-refractivity contribution is -0.137. The molecule has 0 fully saturated rings. The molecule has 0 unspecified atom stereocenters. The Balaban J connectivity index is 1.15. The fourth-order valence-corrected chi connectivity index (χ4v) is 4.49. The fraction of sp³-hybridized carbons (Fsp3) is 0.100. The van der Waals surface area contributed by atoms with Crippen LogP contribution in [0, 0.1) is 0 Å². The number of benzene rings is 3. The molecule has 3 aromatic carbocycles. The van der Waals surface area contributed by atoms with Gasteiger partial charge in [-0.3, -0.25) is 10.1 Å². The van der Waals surface area contributed by atoms with Gasteiger partial charge in [0.15, 0.2) is 0 Å². The van der Waals surface area contributed by atoms with Gasteiger partial charge in [0.1, 0.15) is 11.3 Å². The number of carbonyl (C=O) groups is 1. The van der Waals surface area contributed by atoms with Crippen LogP contribution in [-0.2, 0) is 19.3 Å². The highest BCUT2D eigenvalue weighted by atomic mass is 19.4. The van der Waals surface area contributed by atoms with Crippen LogP contribution in [0.1, 0.15) is 27.2 Å². The highest BCUT2D eigenvalue weighted by Gasteiger charge is 2.30. The molecule has 3 aromatic heterocycles. The van der Waals surface area contributed by atoms with Crippen LogP contribution < -0.4 is 10.6 Å². The Kier molecular flexibility index (Phi) is 6.53. The van der Waals surface area contributed by atoms with Crippen molar-refractivity contribution < 1.29 is 18.0 Å². The predicted octanol–water partition coefficient (Wildman–Crippen LogP) is 6.44. The number of hydrogen-bond donors (Lipinski definition) is 3. The number of amides is 1. The van der Waals surface area contributed by atoms with E-state index in [2.05, 4.69) is 37.7 Å². The number of aromatic nitrogens is 4. The average Bonchev–Trinajstić information content (AvgIpc) is 3.56. The summed E-state index contributed by atoms with van der Waals surface area (Å²) in [6.45, 7) is 1.40. The van der Waals surface area contributed by atoms with Crippen molar-refractivity contribution >= 4 is 28.5 Å². The van der Waals surface area contributed by atoms with Crippen LogP contribution >= 0.6 is 0 Å². The van der Waals surface area contributed by atoms with E-state index in [9.17, 15) is 18.0 Å². The van der Waals surface area contributed by atoms with Crippen LogP contribution in [-0.4, -0.2) is 25.3 Å². The van der Waals surface area contributed by atoms with E-state index >= 15 is 0 Å². The number of H-pyrrole nitrogens is 1. The highest BCUT2D eigenvalue weighted by Crippen LogP contribution is 2.33. The predicted molar refractivity (Wildman–Crippen MR) is 147 cm³/mol. The van der Waals surface area contributed by atoms with E-state index in [1.165, 1.54) is 11.6 Å². The maximum atomic E-state index is 13.1. The summed E-state index contributed by atoms with van der Waals surface area (Å²) in [6, 6.07) is 24.2. The van der Waals surface area contributed by atoms with Crippen molar-refractivity contribution in [1.82, 2.24) is 24.7 Å². The molecule has 0 aliphatic rings. The lowest BCUT2D eigenvalue weighted by Gasteiger charge is -2.08. The molecule has 200 valence electrons. The minimum absolute atomic E-state index is 0.212.